The van der Waals surface area contributed by atoms with Gasteiger partial charge in [0.1, 0.15) is 0 Å². The zero-order valence-corrected chi connectivity index (χ0v) is 23.5. The van der Waals surface area contributed by atoms with Crippen molar-refractivity contribution in [3.8, 4) is 17.2 Å². The Kier molecular flexibility index (Phi) is 7.64. The Labute approximate surface area is 240 Å². The van der Waals surface area contributed by atoms with E-state index in [2.05, 4.69) is 5.32 Å². The Morgan fingerprint density at radius 1 is 1.00 bits per heavy atom. The quantitative estimate of drug-likeness (QED) is 0.199. The van der Waals surface area contributed by atoms with Crippen LogP contribution in [-0.2, 0) is 15.8 Å². The molecule has 12 heteroatoms. The molecule has 0 fully saturated rings. The molecule has 2 aliphatic carbocycles. The van der Waals surface area contributed by atoms with Crippen molar-refractivity contribution in [2.24, 2.45) is 0 Å². The summed E-state index contributed by atoms with van der Waals surface area (Å²) >= 11 is 1.96. The van der Waals surface area contributed by atoms with E-state index in [1.165, 1.54) is 0 Å². The summed E-state index contributed by atoms with van der Waals surface area (Å²) in [4.78, 5) is 37.0. The molecule has 5 rings (SSSR count). The van der Waals surface area contributed by atoms with E-state index in [0.29, 0.717) is 70.9 Å². The molecule has 0 bridgehead atoms. The van der Waals surface area contributed by atoms with Gasteiger partial charge in [0.2, 0.25) is 5.75 Å². The van der Waals surface area contributed by atoms with Crippen molar-refractivity contribution in [1.82, 2.24) is 5.32 Å². The van der Waals surface area contributed by atoms with Gasteiger partial charge in [0, 0.05) is 47.4 Å². The van der Waals surface area contributed by atoms with Crippen molar-refractivity contribution in [1.29, 1.82) is 0 Å². The zero-order valence-electron chi connectivity index (χ0n) is 21.3. The number of Topliss-reactive ketones (excluding diaryl/α,β-unsaturated/α-hetero) is 2. The number of nitrogens with one attached hydrogen (secondary N) is 1. The van der Waals surface area contributed by atoms with E-state index in [1.54, 1.807) is 19.1 Å². The van der Waals surface area contributed by atoms with Crippen LogP contribution in [0.1, 0.15) is 62.5 Å². The molecule has 0 amide bonds. The minimum atomic E-state index is -4.77. The van der Waals surface area contributed by atoms with Gasteiger partial charge in [-0.15, -0.1) is 0 Å². The number of nitrogens with zero attached hydrogens (tertiary/aromatic N) is 1. The SMILES string of the molecule is CCOc1cc(C2C3=C(CCCC3=O)NC3=C2C(=O)CCC3)cc(I)c1Oc1ccc(C(F)(F)F)cc1[N+](=O)[O-]. The smallest absolute Gasteiger partial charge is 0.416 e. The number of benzene rings is 2. The summed E-state index contributed by atoms with van der Waals surface area (Å²) in [6, 6.07) is 5.42. The maximum Gasteiger partial charge on any atom is 0.416 e. The summed E-state index contributed by atoms with van der Waals surface area (Å²) < 4.78 is 51.7. The normalized spacial score (nSPS) is 17.8. The molecular formula is C28H24F3IN2O6. The highest BCUT2D eigenvalue weighted by Crippen LogP contribution is 2.49. The van der Waals surface area contributed by atoms with Crippen LogP contribution in [0.3, 0.4) is 0 Å². The van der Waals surface area contributed by atoms with E-state index in [9.17, 15) is 32.9 Å². The second-order valence-corrected chi connectivity index (χ2v) is 10.9. The molecule has 40 heavy (non-hydrogen) atoms. The van der Waals surface area contributed by atoms with Crippen LogP contribution < -0.4 is 14.8 Å². The molecule has 1 aliphatic heterocycles. The molecular weight excluding hydrogens is 644 g/mol. The topological polar surface area (TPSA) is 108 Å². The first-order chi connectivity index (χ1) is 19.0. The maximum absolute atomic E-state index is 13.2. The van der Waals surface area contributed by atoms with Crippen LogP contribution in [0.2, 0.25) is 0 Å². The van der Waals surface area contributed by atoms with Gasteiger partial charge >= 0.3 is 11.9 Å². The molecule has 1 heterocycles. The number of hydrogen-bond acceptors (Lipinski definition) is 7. The van der Waals surface area contributed by atoms with Gasteiger partial charge in [-0.1, -0.05) is 0 Å². The fraction of sp³-hybridized carbons (Fsp3) is 0.357. The third-order valence-electron chi connectivity index (χ3n) is 7.15. The number of rotatable bonds is 6. The second-order valence-electron chi connectivity index (χ2n) is 9.70. The van der Waals surface area contributed by atoms with Crippen LogP contribution >= 0.6 is 22.6 Å². The number of carbonyl (C=O) groups excluding carboxylic acids is 2. The minimum absolute atomic E-state index is 0.0302. The molecule has 0 atom stereocenters. The number of carbonyl (C=O) groups is 2. The van der Waals surface area contributed by atoms with Crippen LogP contribution in [0.4, 0.5) is 18.9 Å². The summed E-state index contributed by atoms with van der Waals surface area (Å²) in [6.07, 6.45) is -1.20. The third kappa shape index (κ3) is 5.20. The lowest BCUT2D eigenvalue weighted by molar-refractivity contribution is -0.385. The number of ketones is 2. The number of dihydropyridines is 1. The van der Waals surface area contributed by atoms with Gasteiger partial charge in [0.25, 0.3) is 0 Å². The molecule has 0 saturated carbocycles. The van der Waals surface area contributed by atoms with Crippen molar-refractivity contribution in [2.45, 2.75) is 57.5 Å². The molecule has 8 nitrogen and oxygen atoms in total. The van der Waals surface area contributed by atoms with Crippen molar-refractivity contribution in [2.75, 3.05) is 6.61 Å². The van der Waals surface area contributed by atoms with E-state index in [1.807, 2.05) is 22.6 Å². The minimum Gasteiger partial charge on any atom is -0.490 e. The third-order valence-corrected chi connectivity index (χ3v) is 7.95. The van der Waals surface area contributed by atoms with Gasteiger partial charge in [0.05, 0.1) is 20.7 Å². The first-order valence-corrected chi connectivity index (χ1v) is 13.9. The Bertz CT molecular complexity index is 1460. The predicted octanol–water partition coefficient (Wildman–Crippen LogP) is 7.11. The molecule has 0 saturated heterocycles. The molecule has 210 valence electrons. The van der Waals surface area contributed by atoms with Crippen molar-refractivity contribution < 1.29 is 37.2 Å². The molecule has 2 aromatic rings. The number of hydrogen-bond donors (Lipinski definition) is 1. The molecule has 0 spiro atoms. The highest BCUT2D eigenvalue weighted by molar-refractivity contribution is 14.1. The van der Waals surface area contributed by atoms with Gasteiger partial charge in [-0.2, -0.15) is 13.2 Å². The lowest BCUT2D eigenvalue weighted by atomic mass is 9.71. The van der Waals surface area contributed by atoms with Crippen molar-refractivity contribution in [3.63, 3.8) is 0 Å². The van der Waals surface area contributed by atoms with Crippen LogP contribution in [0.15, 0.2) is 52.9 Å². The van der Waals surface area contributed by atoms with E-state index in [0.717, 1.165) is 17.5 Å². The molecule has 0 radical (unpaired) electrons. The van der Waals surface area contributed by atoms with E-state index >= 15 is 0 Å². The van der Waals surface area contributed by atoms with Crippen LogP contribution in [0.5, 0.6) is 17.2 Å². The summed E-state index contributed by atoms with van der Waals surface area (Å²) in [5.41, 5.74) is 1.38. The van der Waals surface area contributed by atoms with Crippen LogP contribution in [0.25, 0.3) is 0 Å². The standard InChI is InChI=1S/C28H24F3IN2O6/c1-2-39-23-12-14(24-25-17(5-3-7-20(25)35)33-18-6-4-8-21(36)26(18)24)11-16(32)27(23)40-22-10-9-15(28(29,30)31)13-19(22)34(37)38/h9-13,24,33H,2-8H2,1H3. The maximum atomic E-state index is 13.2. The van der Waals surface area contributed by atoms with Gasteiger partial charge in [-0.05, 0) is 85.0 Å². The van der Waals surface area contributed by atoms with Crippen LogP contribution in [0, 0.1) is 13.7 Å². The lowest BCUT2D eigenvalue weighted by Crippen LogP contribution is -2.36. The molecule has 3 aliphatic rings. The summed E-state index contributed by atoms with van der Waals surface area (Å²) in [5.74, 6) is -0.778. The predicted molar refractivity (Wildman–Crippen MR) is 146 cm³/mol. The Morgan fingerprint density at radius 3 is 2.17 bits per heavy atom. The Morgan fingerprint density at radius 2 is 1.62 bits per heavy atom. The molecule has 2 aromatic carbocycles. The number of nitro groups is 1. The van der Waals surface area contributed by atoms with Crippen LogP contribution in [-0.4, -0.2) is 23.1 Å². The number of ether oxygens (including phenoxy) is 2. The zero-order chi connectivity index (χ0) is 28.8. The summed E-state index contributed by atoms with van der Waals surface area (Å²) in [5, 5.41) is 15.0. The first-order valence-electron chi connectivity index (χ1n) is 12.8. The fourth-order valence-corrected chi connectivity index (χ4v) is 6.20. The molecule has 0 unspecified atom stereocenters. The highest BCUT2D eigenvalue weighted by atomic mass is 127. The number of nitro benzene ring substituents is 1. The molecule has 1 N–H and O–H groups in total. The summed E-state index contributed by atoms with van der Waals surface area (Å²) in [6.45, 7) is 1.92. The van der Waals surface area contributed by atoms with E-state index < -0.39 is 28.3 Å². The summed E-state index contributed by atoms with van der Waals surface area (Å²) in [7, 11) is 0. The monoisotopic (exact) mass is 668 g/mol. The fourth-order valence-electron chi connectivity index (χ4n) is 5.47. The average molecular weight is 668 g/mol. The Hall–Kier alpha value is -3.42. The van der Waals surface area contributed by atoms with E-state index in [-0.39, 0.29) is 35.4 Å². The van der Waals surface area contributed by atoms with Gasteiger partial charge in [-0.3, -0.25) is 19.7 Å². The molecule has 0 aromatic heterocycles. The lowest BCUT2D eigenvalue weighted by Gasteiger charge is -2.37. The van der Waals surface area contributed by atoms with Gasteiger partial charge in [0.15, 0.2) is 23.1 Å². The van der Waals surface area contributed by atoms with E-state index in [4.69, 9.17) is 9.47 Å². The second kappa shape index (κ2) is 10.9. The number of alkyl halides is 3. The Balaban J connectivity index is 1.63. The largest absolute Gasteiger partial charge is 0.490 e. The number of allylic oxidation sites excluding steroid dienone is 4. The van der Waals surface area contributed by atoms with Gasteiger partial charge < -0.3 is 14.8 Å². The van der Waals surface area contributed by atoms with Gasteiger partial charge in [-0.25, -0.2) is 0 Å². The average Bonchev–Trinajstić information content (AvgIpc) is 2.89. The van der Waals surface area contributed by atoms with Crippen molar-refractivity contribution in [3.05, 3.63) is 77.7 Å². The van der Waals surface area contributed by atoms with Crippen molar-refractivity contribution >= 4 is 39.8 Å². The number of halogens is 4. The highest BCUT2D eigenvalue weighted by Gasteiger charge is 2.41. The first kappa shape index (κ1) is 28.1.